The van der Waals surface area contributed by atoms with E-state index in [2.05, 4.69) is 22.3 Å². The number of nitrogens with one attached hydrogen (secondary N) is 1. The minimum atomic E-state index is -0.278. The molecule has 192 valence electrons. The summed E-state index contributed by atoms with van der Waals surface area (Å²) in [5.41, 5.74) is 5.06. The summed E-state index contributed by atoms with van der Waals surface area (Å²) in [6.07, 6.45) is 0. The molecule has 39 heavy (non-hydrogen) atoms. The average molecular weight is 513 g/mol. The van der Waals surface area contributed by atoms with Crippen LogP contribution in [-0.2, 0) is 0 Å². The molecule has 0 spiro atoms. The van der Waals surface area contributed by atoms with E-state index in [1.54, 1.807) is 12.1 Å². The second kappa shape index (κ2) is 10.8. The smallest absolute Gasteiger partial charge is 0.256 e. The fourth-order valence-corrected chi connectivity index (χ4v) is 5.07. The minimum absolute atomic E-state index is 0.0804. The number of fused-ring (bicyclic) bond motifs is 1. The lowest BCUT2D eigenvalue weighted by Gasteiger charge is -2.36. The number of pyridine rings is 1. The maximum atomic E-state index is 13.7. The number of hydrogen-bond acceptors (Lipinski definition) is 4. The zero-order valence-corrected chi connectivity index (χ0v) is 21.5. The van der Waals surface area contributed by atoms with Gasteiger partial charge in [0.1, 0.15) is 0 Å². The van der Waals surface area contributed by atoms with E-state index >= 15 is 0 Å². The van der Waals surface area contributed by atoms with Crippen LogP contribution in [0, 0.1) is 0 Å². The van der Waals surface area contributed by atoms with E-state index in [-0.39, 0.29) is 11.8 Å². The van der Waals surface area contributed by atoms with Gasteiger partial charge in [0.15, 0.2) is 0 Å². The Balaban J connectivity index is 1.25. The maximum Gasteiger partial charge on any atom is 0.256 e. The molecule has 0 atom stereocenters. The van der Waals surface area contributed by atoms with E-state index in [0.29, 0.717) is 29.9 Å². The van der Waals surface area contributed by atoms with Crippen LogP contribution >= 0.6 is 0 Å². The van der Waals surface area contributed by atoms with Gasteiger partial charge in [0.05, 0.1) is 28.0 Å². The quantitative estimate of drug-likeness (QED) is 0.308. The Hall–Kier alpha value is -4.97. The van der Waals surface area contributed by atoms with E-state index in [1.165, 1.54) is 0 Å². The van der Waals surface area contributed by atoms with Gasteiger partial charge < -0.3 is 15.1 Å². The standard InChI is InChI=1S/C33H28N4O2/c38-32(28-23-31(24-11-3-1-4-12-24)34-29-17-9-7-15-26(28)29)35-30-18-10-8-16-27(30)33(39)37-21-19-36(20-22-37)25-13-5-2-6-14-25/h1-18,23H,19-22H2,(H,35,38). The van der Waals surface area contributed by atoms with Crippen LogP contribution in [0.25, 0.3) is 22.2 Å². The third-order valence-electron chi connectivity index (χ3n) is 7.12. The molecule has 6 heteroatoms. The van der Waals surface area contributed by atoms with Crippen molar-refractivity contribution in [3.05, 3.63) is 126 Å². The van der Waals surface area contributed by atoms with Gasteiger partial charge in [0.2, 0.25) is 0 Å². The van der Waals surface area contributed by atoms with Crippen LogP contribution in [0.5, 0.6) is 0 Å². The van der Waals surface area contributed by atoms with Crippen molar-refractivity contribution in [1.82, 2.24) is 9.88 Å². The third kappa shape index (κ3) is 5.09. The van der Waals surface area contributed by atoms with Crippen molar-refractivity contribution < 1.29 is 9.59 Å². The summed E-state index contributed by atoms with van der Waals surface area (Å²) in [7, 11) is 0. The summed E-state index contributed by atoms with van der Waals surface area (Å²) in [5, 5.41) is 3.79. The van der Waals surface area contributed by atoms with Crippen LogP contribution in [0.1, 0.15) is 20.7 Å². The van der Waals surface area contributed by atoms with Gasteiger partial charge in [-0.25, -0.2) is 4.98 Å². The number of hydrogen-bond donors (Lipinski definition) is 1. The van der Waals surface area contributed by atoms with E-state index in [4.69, 9.17) is 4.98 Å². The number of piperazine rings is 1. The molecule has 0 unspecified atom stereocenters. The molecule has 1 aliphatic heterocycles. The number of amides is 2. The van der Waals surface area contributed by atoms with Gasteiger partial charge in [0, 0.05) is 42.8 Å². The van der Waals surface area contributed by atoms with Crippen molar-refractivity contribution in [3.63, 3.8) is 0 Å². The highest BCUT2D eigenvalue weighted by Gasteiger charge is 2.25. The minimum Gasteiger partial charge on any atom is -0.368 e. The molecule has 1 N–H and O–H groups in total. The molecule has 6 nitrogen and oxygen atoms in total. The summed E-state index contributed by atoms with van der Waals surface area (Å²) in [6.45, 7) is 2.75. The van der Waals surface area contributed by atoms with Crippen LogP contribution in [0.3, 0.4) is 0 Å². The van der Waals surface area contributed by atoms with Crippen LogP contribution in [0.15, 0.2) is 115 Å². The number of para-hydroxylation sites is 3. The first-order valence-electron chi connectivity index (χ1n) is 13.1. The lowest BCUT2D eigenvalue weighted by Crippen LogP contribution is -2.48. The van der Waals surface area contributed by atoms with Crippen LogP contribution in [-0.4, -0.2) is 47.9 Å². The molecule has 0 saturated carbocycles. The van der Waals surface area contributed by atoms with Gasteiger partial charge in [-0.05, 0) is 36.4 Å². The molecule has 6 rings (SSSR count). The zero-order valence-electron chi connectivity index (χ0n) is 21.5. The molecule has 5 aromatic rings. The Kier molecular flexibility index (Phi) is 6.75. The first kappa shape index (κ1) is 24.4. The molecular weight excluding hydrogens is 484 g/mol. The Bertz CT molecular complexity index is 1630. The summed E-state index contributed by atoms with van der Waals surface area (Å²) in [5.74, 6) is -0.358. The van der Waals surface area contributed by atoms with Crippen molar-refractivity contribution in [3.8, 4) is 11.3 Å². The number of carbonyl (C=O) groups excluding carboxylic acids is 2. The van der Waals surface area contributed by atoms with E-state index in [0.717, 1.165) is 40.9 Å². The van der Waals surface area contributed by atoms with Gasteiger partial charge in [0.25, 0.3) is 11.8 Å². The topological polar surface area (TPSA) is 65.5 Å². The first-order valence-corrected chi connectivity index (χ1v) is 13.1. The largest absolute Gasteiger partial charge is 0.368 e. The van der Waals surface area contributed by atoms with Gasteiger partial charge in [-0.1, -0.05) is 78.9 Å². The van der Waals surface area contributed by atoms with Crippen molar-refractivity contribution in [2.75, 3.05) is 36.4 Å². The Morgan fingerprint density at radius 1 is 0.667 bits per heavy atom. The predicted octanol–water partition coefficient (Wildman–Crippen LogP) is 6.12. The lowest BCUT2D eigenvalue weighted by atomic mass is 10.0. The molecule has 1 aliphatic rings. The third-order valence-corrected chi connectivity index (χ3v) is 7.12. The number of aromatic nitrogens is 1. The Morgan fingerprint density at radius 2 is 1.31 bits per heavy atom. The molecule has 2 heterocycles. The van der Waals surface area contributed by atoms with Gasteiger partial charge in [-0.3, -0.25) is 9.59 Å². The summed E-state index contributed by atoms with van der Waals surface area (Å²) >= 11 is 0. The molecule has 1 saturated heterocycles. The molecule has 4 aromatic carbocycles. The van der Waals surface area contributed by atoms with Crippen LogP contribution in [0.4, 0.5) is 11.4 Å². The molecule has 0 bridgehead atoms. The average Bonchev–Trinajstić information content (AvgIpc) is 3.01. The molecular formula is C33H28N4O2. The highest BCUT2D eigenvalue weighted by atomic mass is 16.2. The molecule has 0 aliphatic carbocycles. The molecule has 0 radical (unpaired) electrons. The maximum absolute atomic E-state index is 13.7. The number of carbonyl (C=O) groups is 2. The highest BCUT2D eigenvalue weighted by Crippen LogP contribution is 2.27. The fraction of sp³-hybridized carbons (Fsp3) is 0.121. The SMILES string of the molecule is O=C(Nc1ccccc1C(=O)N1CCN(c2ccccc2)CC1)c1cc(-c2ccccc2)nc2ccccc12. The van der Waals surface area contributed by atoms with Gasteiger partial charge >= 0.3 is 0 Å². The number of nitrogens with zero attached hydrogens (tertiary/aromatic N) is 3. The van der Waals surface area contributed by atoms with Gasteiger partial charge in [-0.2, -0.15) is 0 Å². The summed E-state index contributed by atoms with van der Waals surface area (Å²) < 4.78 is 0. The highest BCUT2D eigenvalue weighted by molar-refractivity contribution is 6.15. The van der Waals surface area contributed by atoms with E-state index in [1.807, 2.05) is 95.9 Å². The van der Waals surface area contributed by atoms with Gasteiger partial charge in [-0.15, -0.1) is 0 Å². The second-order valence-corrected chi connectivity index (χ2v) is 9.55. The first-order chi connectivity index (χ1) is 19.2. The summed E-state index contributed by atoms with van der Waals surface area (Å²) in [6, 6.07) is 36.7. The second-order valence-electron chi connectivity index (χ2n) is 9.55. The Labute approximate surface area is 227 Å². The molecule has 1 aromatic heterocycles. The van der Waals surface area contributed by atoms with Crippen molar-refractivity contribution in [1.29, 1.82) is 0 Å². The van der Waals surface area contributed by atoms with Crippen molar-refractivity contribution in [2.24, 2.45) is 0 Å². The summed E-state index contributed by atoms with van der Waals surface area (Å²) in [4.78, 5) is 36.2. The van der Waals surface area contributed by atoms with Crippen molar-refractivity contribution >= 4 is 34.1 Å². The molecule has 1 fully saturated rings. The van der Waals surface area contributed by atoms with E-state index in [9.17, 15) is 9.59 Å². The molecule has 2 amide bonds. The van der Waals surface area contributed by atoms with Crippen LogP contribution in [0.2, 0.25) is 0 Å². The number of rotatable bonds is 5. The zero-order chi connectivity index (χ0) is 26.6. The lowest BCUT2D eigenvalue weighted by molar-refractivity contribution is 0.0748. The Morgan fingerprint density at radius 3 is 2.08 bits per heavy atom. The number of anilines is 2. The fourth-order valence-electron chi connectivity index (χ4n) is 5.07. The normalized spacial score (nSPS) is 13.3. The monoisotopic (exact) mass is 512 g/mol. The number of benzene rings is 4. The van der Waals surface area contributed by atoms with E-state index < -0.39 is 0 Å². The predicted molar refractivity (Wildman–Crippen MR) is 156 cm³/mol. The van der Waals surface area contributed by atoms with Crippen LogP contribution < -0.4 is 10.2 Å². The van der Waals surface area contributed by atoms with Crippen molar-refractivity contribution in [2.45, 2.75) is 0 Å².